The molecule has 3 nitrogen and oxygen atoms in total. The molecule has 13 heavy (non-hydrogen) atoms. The highest BCUT2D eigenvalue weighted by atomic mass is 16.5. The first kappa shape index (κ1) is 9.96. The smallest absolute Gasteiger partial charge is 0.235 e. The molecule has 0 aliphatic rings. The summed E-state index contributed by atoms with van der Waals surface area (Å²) in [7, 11) is 1.63. The summed E-state index contributed by atoms with van der Waals surface area (Å²) >= 11 is 0. The second-order valence-corrected chi connectivity index (χ2v) is 3.44. The normalized spacial score (nSPS) is 10.6. The van der Waals surface area contributed by atoms with Crippen LogP contribution in [-0.4, -0.2) is 17.1 Å². The fourth-order valence-corrected chi connectivity index (χ4v) is 1.13. The Morgan fingerprint density at radius 2 is 1.62 bits per heavy atom. The molecule has 72 valence electrons. The maximum atomic E-state index is 5.17. The Bertz CT molecular complexity index is 308. The van der Waals surface area contributed by atoms with Crippen molar-refractivity contribution in [1.29, 1.82) is 0 Å². The number of ether oxygens (including phenoxy) is 1. The zero-order chi connectivity index (χ0) is 10.0. The van der Waals surface area contributed by atoms with Crippen LogP contribution in [-0.2, 0) is 0 Å². The number of methoxy groups -OCH3 is 1. The molecular formula is C10H16N2O. The van der Waals surface area contributed by atoms with Gasteiger partial charge in [-0.3, -0.25) is 4.98 Å². The molecule has 0 amide bonds. The van der Waals surface area contributed by atoms with Crippen molar-refractivity contribution in [2.75, 3.05) is 7.11 Å². The second kappa shape index (κ2) is 3.73. The predicted molar refractivity (Wildman–Crippen MR) is 52.1 cm³/mol. The number of nitrogens with zero attached hydrogens (tertiary/aromatic N) is 2. The van der Waals surface area contributed by atoms with E-state index >= 15 is 0 Å². The zero-order valence-electron chi connectivity index (χ0n) is 8.88. The van der Waals surface area contributed by atoms with Crippen LogP contribution in [0.3, 0.4) is 0 Å². The summed E-state index contributed by atoms with van der Waals surface area (Å²) in [5.74, 6) is 1.000. The van der Waals surface area contributed by atoms with E-state index in [0.29, 0.717) is 11.8 Å². The fraction of sp³-hybridized carbons (Fsp3) is 0.600. The Labute approximate surface area is 79.2 Å². The molecule has 1 aromatic rings. The van der Waals surface area contributed by atoms with Crippen molar-refractivity contribution in [3.05, 3.63) is 17.1 Å². The Morgan fingerprint density at radius 3 is 2.08 bits per heavy atom. The van der Waals surface area contributed by atoms with Gasteiger partial charge in [0.15, 0.2) is 0 Å². The Hall–Kier alpha value is -1.12. The molecule has 3 heteroatoms. The van der Waals surface area contributed by atoms with Crippen LogP contribution >= 0.6 is 0 Å². The van der Waals surface area contributed by atoms with E-state index in [4.69, 9.17) is 4.74 Å². The van der Waals surface area contributed by atoms with E-state index in [2.05, 4.69) is 23.8 Å². The summed E-state index contributed by atoms with van der Waals surface area (Å²) < 4.78 is 5.17. The van der Waals surface area contributed by atoms with Crippen molar-refractivity contribution < 1.29 is 4.74 Å². The van der Waals surface area contributed by atoms with Gasteiger partial charge in [-0.25, -0.2) is 4.98 Å². The highest BCUT2D eigenvalue weighted by molar-refractivity contribution is 5.26. The zero-order valence-corrected chi connectivity index (χ0v) is 8.88. The molecule has 1 heterocycles. The van der Waals surface area contributed by atoms with E-state index < -0.39 is 0 Å². The van der Waals surface area contributed by atoms with Crippen molar-refractivity contribution in [2.45, 2.75) is 33.6 Å². The first-order valence-corrected chi connectivity index (χ1v) is 4.45. The SMILES string of the molecule is COc1nc(C)c(C)nc1C(C)C. The largest absolute Gasteiger partial charge is 0.480 e. The van der Waals surface area contributed by atoms with Crippen molar-refractivity contribution in [3.8, 4) is 5.88 Å². The molecule has 0 radical (unpaired) electrons. The third-order valence-corrected chi connectivity index (χ3v) is 2.04. The lowest BCUT2D eigenvalue weighted by molar-refractivity contribution is 0.385. The molecule has 0 bridgehead atoms. The highest BCUT2D eigenvalue weighted by Crippen LogP contribution is 2.22. The van der Waals surface area contributed by atoms with E-state index in [9.17, 15) is 0 Å². The van der Waals surface area contributed by atoms with E-state index in [-0.39, 0.29) is 0 Å². The summed E-state index contributed by atoms with van der Waals surface area (Å²) in [6.45, 7) is 8.07. The van der Waals surface area contributed by atoms with Crippen LogP contribution in [0, 0.1) is 13.8 Å². The van der Waals surface area contributed by atoms with Gasteiger partial charge in [0.2, 0.25) is 5.88 Å². The molecule has 0 N–H and O–H groups in total. The minimum absolute atomic E-state index is 0.349. The molecular weight excluding hydrogens is 164 g/mol. The second-order valence-electron chi connectivity index (χ2n) is 3.44. The molecule has 0 spiro atoms. The van der Waals surface area contributed by atoms with E-state index in [1.165, 1.54) is 0 Å². The summed E-state index contributed by atoms with van der Waals surface area (Å²) in [6, 6.07) is 0. The molecule has 1 aromatic heterocycles. The predicted octanol–water partition coefficient (Wildman–Crippen LogP) is 2.23. The Kier molecular flexibility index (Phi) is 2.86. The molecule has 1 rings (SSSR count). The van der Waals surface area contributed by atoms with Crippen LogP contribution in [0.2, 0.25) is 0 Å². The molecule has 0 aromatic carbocycles. The lowest BCUT2D eigenvalue weighted by atomic mass is 10.1. The van der Waals surface area contributed by atoms with Crippen LogP contribution in [0.15, 0.2) is 0 Å². The summed E-state index contributed by atoms with van der Waals surface area (Å²) in [6.07, 6.45) is 0. The molecule has 0 fully saturated rings. The van der Waals surface area contributed by atoms with Crippen molar-refractivity contribution >= 4 is 0 Å². The number of hydrogen-bond acceptors (Lipinski definition) is 3. The highest BCUT2D eigenvalue weighted by Gasteiger charge is 2.12. The van der Waals surface area contributed by atoms with Crippen LogP contribution in [0.1, 0.15) is 36.8 Å². The first-order valence-electron chi connectivity index (χ1n) is 4.45. The third-order valence-electron chi connectivity index (χ3n) is 2.04. The van der Waals surface area contributed by atoms with Gasteiger partial charge in [0, 0.05) is 5.92 Å². The Morgan fingerprint density at radius 1 is 1.08 bits per heavy atom. The van der Waals surface area contributed by atoms with Crippen molar-refractivity contribution in [2.24, 2.45) is 0 Å². The quantitative estimate of drug-likeness (QED) is 0.700. The fourth-order valence-electron chi connectivity index (χ4n) is 1.13. The lowest BCUT2D eigenvalue weighted by Crippen LogP contribution is -2.04. The van der Waals surface area contributed by atoms with Gasteiger partial charge in [-0.15, -0.1) is 0 Å². The molecule has 0 atom stereocenters. The number of hydrogen-bond donors (Lipinski definition) is 0. The summed E-state index contributed by atoms with van der Waals surface area (Å²) in [4.78, 5) is 8.78. The van der Waals surface area contributed by atoms with Crippen molar-refractivity contribution in [3.63, 3.8) is 0 Å². The third kappa shape index (κ3) is 1.97. The van der Waals surface area contributed by atoms with Crippen LogP contribution in [0.4, 0.5) is 0 Å². The van der Waals surface area contributed by atoms with E-state index in [1.807, 2.05) is 13.8 Å². The average Bonchev–Trinajstić information content (AvgIpc) is 2.08. The van der Waals surface area contributed by atoms with E-state index in [0.717, 1.165) is 17.1 Å². The first-order chi connectivity index (χ1) is 6.06. The van der Waals surface area contributed by atoms with Gasteiger partial charge in [-0.2, -0.15) is 0 Å². The molecule has 0 aliphatic carbocycles. The molecule has 0 saturated carbocycles. The van der Waals surface area contributed by atoms with Gasteiger partial charge in [0.05, 0.1) is 18.5 Å². The molecule has 0 aliphatic heterocycles. The minimum Gasteiger partial charge on any atom is -0.480 e. The number of aryl methyl sites for hydroxylation is 2. The van der Waals surface area contributed by atoms with Gasteiger partial charge in [0.1, 0.15) is 5.69 Å². The number of aromatic nitrogens is 2. The lowest BCUT2D eigenvalue weighted by Gasteiger charge is -2.11. The minimum atomic E-state index is 0.349. The molecule has 0 unspecified atom stereocenters. The van der Waals surface area contributed by atoms with Gasteiger partial charge in [-0.05, 0) is 13.8 Å². The van der Waals surface area contributed by atoms with E-state index in [1.54, 1.807) is 7.11 Å². The standard InChI is InChI=1S/C10H16N2O/c1-6(2)9-10(13-5)12-8(4)7(3)11-9/h6H,1-5H3. The van der Waals surface area contributed by atoms with Crippen LogP contribution in [0.5, 0.6) is 5.88 Å². The maximum Gasteiger partial charge on any atom is 0.235 e. The summed E-state index contributed by atoms with van der Waals surface area (Å²) in [5, 5.41) is 0. The van der Waals surface area contributed by atoms with Crippen molar-refractivity contribution in [1.82, 2.24) is 9.97 Å². The van der Waals surface area contributed by atoms with Gasteiger partial charge < -0.3 is 4.74 Å². The van der Waals surface area contributed by atoms with Crippen LogP contribution < -0.4 is 4.74 Å². The van der Waals surface area contributed by atoms with Gasteiger partial charge in [0.25, 0.3) is 0 Å². The number of rotatable bonds is 2. The van der Waals surface area contributed by atoms with Crippen LogP contribution in [0.25, 0.3) is 0 Å². The van der Waals surface area contributed by atoms with Gasteiger partial charge in [-0.1, -0.05) is 13.8 Å². The average molecular weight is 180 g/mol. The maximum absolute atomic E-state index is 5.17. The Balaban J connectivity index is 3.25. The summed E-state index contributed by atoms with van der Waals surface area (Å²) in [5.41, 5.74) is 2.84. The van der Waals surface area contributed by atoms with Gasteiger partial charge >= 0.3 is 0 Å². The topological polar surface area (TPSA) is 35.0 Å². The monoisotopic (exact) mass is 180 g/mol. The molecule has 0 saturated heterocycles.